The molecule has 1 amide bonds. The first kappa shape index (κ1) is 16.7. The van der Waals surface area contributed by atoms with Crippen molar-refractivity contribution in [2.75, 3.05) is 25.5 Å². The second kappa shape index (κ2) is 7.07. The van der Waals surface area contributed by atoms with Gasteiger partial charge in [-0.05, 0) is 31.6 Å². The van der Waals surface area contributed by atoms with Crippen molar-refractivity contribution in [3.8, 4) is 0 Å². The number of rotatable bonds is 6. The second-order valence-electron chi connectivity index (χ2n) is 6.36. The topological polar surface area (TPSA) is 98.5 Å². The van der Waals surface area contributed by atoms with Gasteiger partial charge in [-0.1, -0.05) is 19.3 Å². The number of carbonyl (C=O) groups excluding carboxylic acids is 1. The Morgan fingerprint density at radius 3 is 2.38 bits per heavy atom. The van der Waals surface area contributed by atoms with Crippen LogP contribution in [0.25, 0.3) is 0 Å². The highest BCUT2D eigenvalue weighted by molar-refractivity contribution is 7.89. The normalized spacial score (nSPS) is 23.8. The maximum atomic E-state index is 12.2. The molecule has 6 nitrogen and oxygen atoms in total. The van der Waals surface area contributed by atoms with Gasteiger partial charge in [0.05, 0.1) is 11.2 Å². The molecule has 0 aromatic rings. The Balaban J connectivity index is 1.91. The average Bonchev–Trinajstić information content (AvgIpc) is 2.47. The Hall–Kier alpha value is -0.660. The number of nitrogens with two attached hydrogens (primary N) is 1. The lowest BCUT2D eigenvalue weighted by Gasteiger charge is -2.34. The minimum atomic E-state index is -3.35. The number of hydrogen-bond acceptors (Lipinski definition) is 4. The molecule has 1 saturated heterocycles. The van der Waals surface area contributed by atoms with Gasteiger partial charge >= 0.3 is 0 Å². The van der Waals surface area contributed by atoms with E-state index in [1.807, 2.05) is 0 Å². The van der Waals surface area contributed by atoms with Gasteiger partial charge in [-0.25, -0.2) is 13.1 Å². The first-order chi connectivity index (χ1) is 9.94. The van der Waals surface area contributed by atoms with Gasteiger partial charge in [0.1, 0.15) is 0 Å². The van der Waals surface area contributed by atoms with Crippen molar-refractivity contribution in [1.82, 2.24) is 4.72 Å². The first-order valence-corrected chi connectivity index (χ1v) is 9.44. The Morgan fingerprint density at radius 2 is 1.81 bits per heavy atom. The summed E-state index contributed by atoms with van der Waals surface area (Å²) in [5.41, 5.74) is 4.69. The van der Waals surface area contributed by atoms with Crippen LogP contribution in [0.5, 0.6) is 0 Å². The fourth-order valence-electron chi connectivity index (χ4n) is 3.24. The molecule has 2 aliphatic rings. The second-order valence-corrected chi connectivity index (χ2v) is 8.22. The molecular weight excluding hydrogens is 292 g/mol. The van der Waals surface area contributed by atoms with Gasteiger partial charge in [-0.3, -0.25) is 4.79 Å². The van der Waals surface area contributed by atoms with E-state index in [2.05, 4.69) is 4.72 Å². The van der Waals surface area contributed by atoms with E-state index in [9.17, 15) is 13.2 Å². The first-order valence-electron chi connectivity index (χ1n) is 7.79. The van der Waals surface area contributed by atoms with Gasteiger partial charge in [0, 0.05) is 19.8 Å². The molecule has 0 unspecified atom stereocenters. The smallest absolute Gasteiger partial charge is 0.225 e. The van der Waals surface area contributed by atoms with E-state index < -0.39 is 21.3 Å². The maximum Gasteiger partial charge on any atom is 0.225 e. The molecule has 0 atom stereocenters. The zero-order chi connectivity index (χ0) is 15.3. The van der Waals surface area contributed by atoms with Crippen molar-refractivity contribution in [3.63, 3.8) is 0 Å². The Morgan fingerprint density at radius 1 is 1.19 bits per heavy atom. The molecule has 0 aromatic heterocycles. The van der Waals surface area contributed by atoms with E-state index in [1.54, 1.807) is 0 Å². The van der Waals surface area contributed by atoms with Crippen LogP contribution in [0.2, 0.25) is 0 Å². The summed E-state index contributed by atoms with van der Waals surface area (Å²) in [5, 5.41) is 0. The summed E-state index contributed by atoms with van der Waals surface area (Å²) >= 11 is 0. The SMILES string of the molecule is NC(=O)C1(CNS(=O)(=O)CC2CCCCC2)CCOCC1. The van der Waals surface area contributed by atoms with Gasteiger partial charge in [0.2, 0.25) is 15.9 Å². The molecule has 3 N–H and O–H groups in total. The lowest BCUT2D eigenvalue weighted by Crippen LogP contribution is -2.50. The fraction of sp³-hybridized carbons (Fsp3) is 0.929. The third-order valence-corrected chi connectivity index (χ3v) is 6.28. The quantitative estimate of drug-likeness (QED) is 0.755. The molecule has 0 radical (unpaired) electrons. The van der Waals surface area contributed by atoms with E-state index >= 15 is 0 Å². The van der Waals surface area contributed by atoms with Gasteiger partial charge in [-0.15, -0.1) is 0 Å². The van der Waals surface area contributed by atoms with Crippen LogP contribution in [-0.2, 0) is 19.6 Å². The number of amides is 1. The predicted octanol–water partition coefficient (Wildman–Crippen LogP) is 0.768. The monoisotopic (exact) mass is 318 g/mol. The highest BCUT2D eigenvalue weighted by atomic mass is 32.2. The Labute approximate surface area is 126 Å². The summed E-state index contributed by atoms with van der Waals surface area (Å²) < 4.78 is 32.3. The third-order valence-electron chi connectivity index (χ3n) is 4.78. The highest BCUT2D eigenvalue weighted by Gasteiger charge is 2.39. The van der Waals surface area contributed by atoms with Crippen molar-refractivity contribution in [3.05, 3.63) is 0 Å². The summed E-state index contributed by atoms with van der Waals surface area (Å²) in [7, 11) is -3.35. The van der Waals surface area contributed by atoms with Gasteiger partial charge in [0.15, 0.2) is 0 Å². The van der Waals surface area contributed by atoms with Crippen LogP contribution < -0.4 is 10.5 Å². The van der Waals surface area contributed by atoms with Crippen molar-refractivity contribution < 1.29 is 17.9 Å². The number of nitrogens with one attached hydrogen (secondary N) is 1. The van der Waals surface area contributed by atoms with Crippen molar-refractivity contribution in [2.24, 2.45) is 17.1 Å². The maximum absolute atomic E-state index is 12.2. The lowest BCUT2D eigenvalue weighted by molar-refractivity contribution is -0.132. The molecule has 122 valence electrons. The number of hydrogen-bond donors (Lipinski definition) is 2. The molecule has 1 heterocycles. The summed E-state index contributed by atoms with van der Waals surface area (Å²) in [5.74, 6) is -0.0279. The fourth-order valence-corrected chi connectivity index (χ4v) is 4.81. The van der Waals surface area contributed by atoms with Crippen molar-refractivity contribution in [1.29, 1.82) is 0 Å². The average molecular weight is 318 g/mol. The zero-order valence-electron chi connectivity index (χ0n) is 12.5. The molecule has 0 bridgehead atoms. The largest absolute Gasteiger partial charge is 0.381 e. The number of carbonyl (C=O) groups is 1. The minimum absolute atomic E-state index is 0.0980. The molecule has 21 heavy (non-hydrogen) atoms. The molecular formula is C14H26N2O4S. The summed E-state index contributed by atoms with van der Waals surface area (Å²) in [6.07, 6.45) is 6.36. The van der Waals surface area contributed by atoms with Crippen LogP contribution in [0.15, 0.2) is 0 Å². The zero-order valence-corrected chi connectivity index (χ0v) is 13.3. The van der Waals surface area contributed by atoms with Crippen LogP contribution in [-0.4, -0.2) is 39.8 Å². The molecule has 1 aliphatic carbocycles. The Bertz CT molecular complexity index is 452. The van der Waals surface area contributed by atoms with Crippen LogP contribution >= 0.6 is 0 Å². The van der Waals surface area contributed by atoms with Crippen LogP contribution in [0.4, 0.5) is 0 Å². The third kappa shape index (κ3) is 4.66. The number of primary amides is 1. The van der Waals surface area contributed by atoms with Crippen molar-refractivity contribution >= 4 is 15.9 Å². The number of sulfonamides is 1. The van der Waals surface area contributed by atoms with E-state index in [1.165, 1.54) is 6.42 Å². The van der Waals surface area contributed by atoms with Crippen molar-refractivity contribution in [2.45, 2.75) is 44.9 Å². The summed E-state index contributed by atoms with van der Waals surface area (Å²) in [6.45, 7) is 1.00. The molecule has 0 spiro atoms. The molecule has 2 rings (SSSR count). The highest BCUT2D eigenvalue weighted by Crippen LogP contribution is 2.30. The van der Waals surface area contributed by atoms with E-state index in [0.717, 1.165) is 25.7 Å². The lowest BCUT2D eigenvalue weighted by atomic mass is 9.80. The molecule has 2 fully saturated rings. The molecule has 1 aliphatic heterocycles. The Kier molecular flexibility index (Phi) is 5.62. The van der Waals surface area contributed by atoms with Crippen LogP contribution in [0.3, 0.4) is 0 Å². The van der Waals surface area contributed by atoms with Crippen LogP contribution in [0.1, 0.15) is 44.9 Å². The standard InChI is InChI=1S/C14H26N2O4S/c15-13(17)14(6-8-20-9-7-14)11-16-21(18,19)10-12-4-2-1-3-5-12/h12,16H,1-11H2,(H2,15,17). The van der Waals surface area contributed by atoms with E-state index in [-0.39, 0.29) is 18.2 Å². The number of ether oxygens (including phenoxy) is 1. The van der Waals surface area contributed by atoms with E-state index in [0.29, 0.717) is 26.1 Å². The summed E-state index contributed by atoms with van der Waals surface area (Å²) in [6, 6.07) is 0. The molecule has 7 heteroatoms. The van der Waals surface area contributed by atoms with Gasteiger partial charge in [0.25, 0.3) is 0 Å². The summed E-state index contributed by atoms with van der Waals surface area (Å²) in [4.78, 5) is 11.7. The van der Waals surface area contributed by atoms with Crippen LogP contribution in [0, 0.1) is 11.3 Å². The predicted molar refractivity (Wildman–Crippen MR) is 80.0 cm³/mol. The van der Waals surface area contributed by atoms with E-state index in [4.69, 9.17) is 10.5 Å². The van der Waals surface area contributed by atoms with Gasteiger partial charge < -0.3 is 10.5 Å². The van der Waals surface area contributed by atoms with Gasteiger partial charge in [-0.2, -0.15) is 0 Å². The molecule has 1 saturated carbocycles. The molecule has 0 aromatic carbocycles. The minimum Gasteiger partial charge on any atom is -0.381 e.